The molecule has 0 radical (unpaired) electrons. The molecule has 33 heavy (non-hydrogen) atoms. The van der Waals surface area contributed by atoms with Crippen LogP contribution in [-0.2, 0) is 33.0 Å². The molecule has 3 aromatic rings. The smallest absolute Gasteiger partial charge is 0.192 e. The van der Waals surface area contributed by atoms with Crippen LogP contribution in [0.1, 0.15) is 60.5 Å². The first kappa shape index (κ1) is 25.0. The van der Waals surface area contributed by atoms with Crippen molar-refractivity contribution in [3.63, 3.8) is 0 Å². The number of halogens is 1. The molecule has 1 aliphatic rings. The molecular formula is C23H32IN7O2. The van der Waals surface area contributed by atoms with E-state index in [0.29, 0.717) is 25.7 Å². The minimum Gasteiger partial charge on any atom is -0.493 e. The van der Waals surface area contributed by atoms with Crippen LogP contribution in [0.5, 0.6) is 5.75 Å². The highest BCUT2D eigenvalue weighted by Gasteiger charge is 2.22. The SMILES string of the molecule is CCc1noc(CC)c1CN=C(NCc1nnc(C)n1C)NC1CCOc2ccccc21.I. The number of para-hydroxylation sites is 1. The molecule has 4 rings (SSSR count). The average Bonchev–Trinajstić information content (AvgIpc) is 3.37. The number of ether oxygens (including phenoxy) is 1. The van der Waals surface area contributed by atoms with Crippen LogP contribution in [0.2, 0.25) is 0 Å². The zero-order chi connectivity index (χ0) is 22.5. The predicted octanol–water partition coefficient (Wildman–Crippen LogP) is 3.61. The van der Waals surface area contributed by atoms with Crippen molar-refractivity contribution in [2.75, 3.05) is 6.61 Å². The van der Waals surface area contributed by atoms with Crippen LogP contribution in [0.4, 0.5) is 0 Å². The summed E-state index contributed by atoms with van der Waals surface area (Å²) in [5, 5.41) is 19.6. The summed E-state index contributed by atoms with van der Waals surface area (Å²) in [6, 6.07) is 8.24. The van der Waals surface area contributed by atoms with Crippen molar-refractivity contribution in [1.29, 1.82) is 0 Å². The minimum absolute atomic E-state index is 0. The molecule has 1 unspecified atom stereocenters. The molecule has 1 aliphatic heterocycles. The molecule has 2 N–H and O–H groups in total. The lowest BCUT2D eigenvalue weighted by Gasteiger charge is -2.28. The van der Waals surface area contributed by atoms with Gasteiger partial charge in [-0.05, 0) is 19.4 Å². The normalized spacial score (nSPS) is 15.4. The Bertz CT molecular complexity index is 1070. The number of aromatic nitrogens is 4. The number of aliphatic imine (C=N–C) groups is 1. The van der Waals surface area contributed by atoms with Crippen molar-refractivity contribution in [2.24, 2.45) is 12.0 Å². The monoisotopic (exact) mass is 565 g/mol. The molecular weight excluding hydrogens is 533 g/mol. The fraction of sp³-hybridized carbons (Fsp3) is 0.478. The number of hydrogen-bond donors (Lipinski definition) is 2. The van der Waals surface area contributed by atoms with Gasteiger partial charge in [0.1, 0.15) is 17.3 Å². The fourth-order valence-electron chi connectivity index (χ4n) is 3.85. The van der Waals surface area contributed by atoms with Gasteiger partial charge in [-0.1, -0.05) is 37.2 Å². The van der Waals surface area contributed by atoms with Crippen molar-refractivity contribution < 1.29 is 9.26 Å². The Labute approximate surface area is 211 Å². The summed E-state index contributed by atoms with van der Waals surface area (Å²) in [6.07, 6.45) is 2.46. The largest absolute Gasteiger partial charge is 0.493 e. The summed E-state index contributed by atoms with van der Waals surface area (Å²) in [4.78, 5) is 4.90. The second kappa shape index (κ2) is 11.5. The van der Waals surface area contributed by atoms with Gasteiger partial charge in [-0.25, -0.2) is 4.99 Å². The maximum absolute atomic E-state index is 5.82. The Balaban J connectivity index is 0.00000306. The quantitative estimate of drug-likeness (QED) is 0.256. The van der Waals surface area contributed by atoms with E-state index >= 15 is 0 Å². The second-order valence-electron chi connectivity index (χ2n) is 7.85. The number of rotatable bonds is 7. The number of nitrogens with one attached hydrogen (secondary N) is 2. The maximum Gasteiger partial charge on any atom is 0.192 e. The highest BCUT2D eigenvalue weighted by molar-refractivity contribution is 14.0. The molecule has 0 aliphatic carbocycles. The Hall–Kier alpha value is -2.63. The molecule has 0 bridgehead atoms. The van der Waals surface area contributed by atoms with Gasteiger partial charge in [0.05, 0.1) is 31.4 Å². The van der Waals surface area contributed by atoms with Crippen LogP contribution in [0.25, 0.3) is 0 Å². The van der Waals surface area contributed by atoms with Crippen molar-refractivity contribution >= 4 is 29.9 Å². The summed E-state index contributed by atoms with van der Waals surface area (Å²) < 4.78 is 13.3. The standard InChI is InChI=1S/C23H31N7O2.HI/c1-5-18-17(20(6-2)32-29-18)13-24-23(25-14-22-28-27-15(3)30(22)4)26-19-11-12-31-21-10-8-7-9-16(19)21;/h7-10,19H,5-6,11-14H2,1-4H3,(H2,24,25,26);1H. The first-order chi connectivity index (χ1) is 15.6. The Morgan fingerprint density at radius 3 is 2.76 bits per heavy atom. The Morgan fingerprint density at radius 1 is 1.21 bits per heavy atom. The third kappa shape index (κ3) is 5.66. The summed E-state index contributed by atoms with van der Waals surface area (Å²) in [5.74, 6) is 4.23. The fourth-order valence-corrected chi connectivity index (χ4v) is 3.85. The molecule has 1 aromatic carbocycles. The lowest BCUT2D eigenvalue weighted by Crippen LogP contribution is -2.41. The molecule has 2 aromatic heterocycles. The van der Waals surface area contributed by atoms with E-state index in [0.717, 1.165) is 59.2 Å². The Kier molecular flexibility index (Phi) is 8.70. The van der Waals surface area contributed by atoms with Crippen LogP contribution in [0.3, 0.4) is 0 Å². The molecule has 10 heteroatoms. The number of fused-ring (bicyclic) bond motifs is 1. The van der Waals surface area contributed by atoms with Crippen molar-refractivity contribution in [3.8, 4) is 5.75 Å². The first-order valence-corrected chi connectivity index (χ1v) is 11.2. The molecule has 178 valence electrons. The number of benzene rings is 1. The lowest BCUT2D eigenvalue weighted by molar-refractivity contribution is 0.261. The van der Waals surface area contributed by atoms with Crippen LogP contribution in [0, 0.1) is 6.92 Å². The van der Waals surface area contributed by atoms with Gasteiger partial charge in [0.2, 0.25) is 0 Å². The topological polar surface area (TPSA) is 102 Å². The van der Waals surface area contributed by atoms with Gasteiger partial charge in [0, 0.05) is 31.0 Å². The molecule has 0 spiro atoms. The van der Waals surface area contributed by atoms with Gasteiger partial charge in [0.15, 0.2) is 11.8 Å². The van der Waals surface area contributed by atoms with E-state index in [1.165, 1.54) is 0 Å². The maximum atomic E-state index is 5.82. The van der Waals surface area contributed by atoms with Crippen LogP contribution < -0.4 is 15.4 Å². The van der Waals surface area contributed by atoms with Crippen LogP contribution in [0.15, 0.2) is 33.8 Å². The molecule has 0 amide bonds. The Morgan fingerprint density at radius 2 is 2.03 bits per heavy atom. The van der Waals surface area contributed by atoms with Gasteiger partial charge in [-0.3, -0.25) is 0 Å². The molecule has 0 fully saturated rings. The second-order valence-corrected chi connectivity index (χ2v) is 7.85. The van der Waals surface area contributed by atoms with Crippen LogP contribution >= 0.6 is 24.0 Å². The van der Waals surface area contributed by atoms with Gasteiger partial charge in [-0.15, -0.1) is 34.2 Å². The first-order valence-electron chi connectivity index (χ1n) is 11.2. The van der Waals surface area contributed by atoms with Crippen molar-refractivity contribution in [1.82, 2.24) is 30.6 Å². The van der Waals surface area contributed by atoms with Gasteiger partial charge in [-0.2, -0.15) is 0 Å². The van der Waals surface area contributed by atoms with E-state index in [1.807, 2.05) is 36.7 Å². The van der Waals surface area contributed by atoms with E-state index in [4.69, 9.17) is 14.3 Å². The minimum atomic E-state index is 0. The summed E-state index contributed by atoms with van der Waals surface area (Å²) in [7, 11) is 1.96. The van der Waals surface area contributed by atoms with Crippen molar-refractivity contribution in [2.45, 2.75) is 59.2 Å². The van der Waals surface area contributed by atoms with Crippen LogP contribution in [-0.4, -0.2) is 32.5 Å². The number of aryl methyl sites for hydroxylation is 3. The van der Waals surface area contributed by atoms with Crippen molar-refractivity contribution in [3.05, 3.63) is 58.5 Å². The van der Waals surface area contributed by atoms with Gasteiger partial charge >= 0.3 is 0 Å². The highest BCUT2D eigenvalue weighted by atomic mass is 127. The van der Waals surface area contributed by atoms with Gasteiger partial charge < -0.3 is 24.5 Å². The van der Waals surface area contributed by atoms with E-state index < -0.39 is 0 Å². The molecule has 9 nitrogen and oxygen atoms in total. The summed E-state index contributed by atoms with van der Waals surface area (Å²) in [6.45, 7) is 7.76. The molecule has 0 saturated heterocycles. The zero-order valence-corrected chi connectivity index (χ0v) is 21.9. The van der Waals surface area contributed by atoms with E-state index in [9.17, 15) is 0 Å². The molecule has 0 saturated carbocycles. The molecule has 1 atom stereocenters. The average molecular weight is 565 g/mol. The van der Waals surface area contributed by atoms with Gasteiger partial charge in [0.25, 0.3) is 0 Å². The number of guanidine groups is 1. The number of hydrogen-bond acceptors (Lipinski definition) is 6. The van der Waals surface area contributed by atoms with E-state index in [-0.39, 0.29) is 30.0 Å². The summed E-state index contributed by atoms with van der Waals surface area (Å²) in [5.41, 5.74) is 3.17. The predicted molar refractivity (Wildman–Crippen MR) is 137 cm³/mol. The summed E-state index contributed by atoms with van der Waals surface area (Å²) >= 11 is 0. The van der Waals surface area contributed by atoms with E-state index in [2.05, 4.69) is 45.9 Å². The molecule has 3 heterocycles. The zero-order valence-electron chi connectivity index (χ0n) is 19.6. The highest BCUT2D eigenvalue weighted by Crippen LogP contribution is 2.31. The third-order valence-electron chi connectivity index (χ3n) is 5.87. The van der Waals surface area contributed by atoms with E-state index in [1.54, 1.807) is 0 Å². The number of nitrogens with zero attached hydrogens (tertiary/aromatic N) is 5. The lowest BCUT2D eigenvalue weighted by atomic mass is 10.0. The third-order valence-corrected chi connectivity index (χ3v) is 5.87.